The Kier molecular flexibility index (Phi) is 4.02. The average molecular weight is 164 g/mol. The largest absolute Gasteiger partial charge is 0.102 e. The first-order valence-electron chi connectivity index (χ1n) is 4.41. The van der Waals surface area contributed by atoms with Gasteiger partial charge in [-0.15, -0.1) is 6.58 Å². The lowest BCUT2D eigenvalue weighted by atomic mass is 9.79. The molecular weight excluding hydrogens is 144 g/mol. The van der Waals surface area contributed by atoms with Crippen molar-refractivity contribution in [2.75, 3.05) is 0 Å². The zero-order valence-electron chi connectivity index (χ0n) is 8.72. The van der Waals surface area contributed by atoms with E-state index in [-0.39, 0.29) is 5.41 Å². The third kappa shape index (κ3) is 2.69. The predicted molar refractivity (Wildman–Crippen MR) is 57.1 cm³/mol. The van der Waals surface area contributed by atoms with Crippen molar-refractivity contribution in [2.45, 2.75) is 27.7 Å². The van der Waals surface area contributed by atoms with Gasteiger partial charge in [-0.2, -0.15) is 0 Å². The summed E-state index contributed by atoms with van der Waals surface area (Å²) < 4.78 is 0. The highest BCUT2D eigenvalue weighted by Gasteiger charge is 2.20. The molecule has 0 amide bonds. The van der Waals surface area contributed by atoms with Crippen LogP contribution < -0.4 is 0 Å². The van der Waals surface area contributed by atoms with E-state index in [9.17, 15) is 0 Å². The second-order valence-corrected chi connectivity index (χ2v) is 3.77. The summed E-state index contributed by atoms with van der Waals surface area (Å²) in [6.07, 6.45) is 6.18. The van der Waals surface area contributed by atoms with Gasteiger partial charge in [-0.3, -0.25) is 0 Å². The molecule has 1 atom stereocenters. The van der Waals surface area contributed by atoms with E-state index < -0.39 is 0 Å². The number of hydrogen-bond donors (Lipinski definition) is 0. The molecule has 12 heavy (non-hydrogen) atoms. The number of allylic oxidation sites excluding steroid dienone is 4. The molecule has 0 heteroatoms. The first-order valence-corrected chi connectivity index (χ1v) is 4.41. The molecule has 68 valence electrons. The zero-order valence-corrected chi connectivity index (χ0v) is 8.72. The lowest BCUT2D eigenvalue weighted by Gasteiger charge is -2.26. The molecule has 0 spiro atoms. The Labute approximate surface area is 76.7 Å². The van der Waals surface area contributed by atoms with Gasteiger partial charge in [-0.1, -0.05) is 51.2 Å². The Balaban J connectivity index is 4.48. The highest BCUT2D eigenvalue weighted by atomic mass is 14.2. The van der Waals surface area contributed by atoms with E-state index in [1.807, 2.05) is 13.0 Å². The summed E-state index contributed by atoms with van der Waals surface area (Å²) in [5, 5.41) is 0. The fraction of sp³-hybridized carbons (Fsp3) is 0.500. The van der Waals surface area contributed by atoms with Crippen molar-refractivity contribution < 1.29 is 0 Å². The number of hydrogen-bond acceptors (Lipinski definition) is 0. The molecule has 0 aromatic rings. The van der Waals surface area contributed by atoms with Gasteiger partial charge < -0.3 is 0 Å². The molecule has 0 bridgehead atoms. The molecule has 0 rings (SSSR count). The normalized spacial score (nSPS) is 14.7. The Morgan fingerprint density at radius 3 is 2.25 bits per heavy atom. The predicted octanol–water partition coefficient (Wildman–Crippen LogP) is 3.97. The quantitative estimate of drug-likeness (QED) is 0.551. The molecule has 0 aromatic carbocycles. The maximum atomic E-state index is 4.09. The van der Waals surface area contributed by atoms with Gasteiger partial charge in [0.25, 0.3) is 0 Å². The van der Waals surface area contributed by atoms with Crippen LogP contribution in [0.5, 0.6) is 0 Å². The van der Waals surface area contributed by atoms with Crippen molar-refractivity contribution >= 4 is 0 Å². The van der Waals surface area contributed by atoms with Crippen LogP contribution in [0.1, 0.15) is 27.7 Å². The summed E-state index contributed by atoms with van der Waals surface area (Å²) in [7, 11) is 0. The fourth-order valence-electron chi connectivity index (χ4n) is 1.12. The van der Waals surface area contributed by atoms with Crippen molar-refractivity contribution in [3.05, 3.63) is 37.0 Å². The maximum Gasteiger partial charge on any atom is 0.00346 e. The highest BCUT2D eigenvalue weighted by Crippen LogP contribution is 2.31. The SMILES string of the molecule is C=CC(C)(C)C(=C)C(C)C=CC. The molecule has 0 aromatic heterocycles. The molecule has 0 aliphatic rings. The third-order valence-corrected chi connectivity index (χ3v) is 2.37. The Bertz CT molecular complexity index is 194. The molecule has 0 saturated carbocycles. The van der Waals surface area contributed by atoms with Crippen LogP contribution in [0.25, 0.3) is 0 Å². The minimum Gasteiger partial charge on any atom is -0.102 e. The Hall–Kier alpha value is -0.780. The van der Waals surface area contributed by atoms with Gasteiger partial charge in [0.15, 0.2) is 0 Å². The van der Waals surface area contributed by atoms with Crippen LogP contribution in [0.4, 0.5) is 0 Å². The smallest absolute Gasteiger partial charge is 0.00346 e. The Morgan fingerprint density at radius 2 is 1.92 bits per heavy atom. The van der Waals surface area contributed by atoms with Crippen LogP contribution in [0.3, 0.4) is 0 Å². The third-order valence-electron chi connectivity index (χ3n) is 2.37. The van der Waals surface area contributed by atoms with Crippen LogP contribution in [-0.4, -0.2) is 0 Å². The van der Waals surface area contributed by atoms with Gasteiger partial charge in [-0.05, 0) is 12.8 Å². The minimum absolute atomic E-state index is 0.0406. The van der Waals surface area contributed by atoms with Crippen molar-refractivity contribution in [3.8, 4) is 0 Å². The zero-order chi connectivity index (χ0) is 9.78. The summed E-state index contributed by atoms with van der Waals surface area (Å²) >= 11 is 0. The molecule has 0 aliphatic heterocycles. The molecule has 1 unspecified atom stereocenters. The van der Waals surface area contributed by atoms with Crippen LogP contribution in [0, 0.1) is 11.3 Å². The van der Waals surface area contributed by atoms with E-state index in [0.717, 1.165) is 0 Å². The molecule has 0 fully saturated rings. The first kappa shape index (κ1) is 11.2. The first-order chi connectivity index (χ1) is 5.45. The van der Waals surface area contributed by atoms with Crippen LogP contribution in [0.15, 0.2) is 37.0 Å². The lowest BCUT2D eigenvalue weighted by molar-refractivity contribution is 0.529. The summed E-state index contributed by atoms with van der Waals surface area (Å²) in [4.78, 5) is 0. The molecule has 0 nitrogen and oxygen atoms in total. The van der Waals surface area contributed by atoms with E-state index in [1.165, 1.54) is 5.57 Å². The summed E-state index contributed by atoms with van der Waals surface area (Å²) in [5.74, 6) is 0.433. The fourth-order valence-corrected chi connectivity index (χ4v) is 1.12. The van der Waals surface area contributed by atoms with E-state index in [0.29, 0.717) is 5.92 Å². The Morgan fingerprint density at radius 1 is 1.42 bits per heavy atom. The lowest BCUT2D eigenvalue weighted by Crippen LogP contribution is -2.14. The second-order valence-electron chi connectivity index (χ2n) is 3.77. The van der Waals surface area contributed by atoms with E-state index in [4.69, 9.17) is 0 Å². The topological polar surface area (TPSA) is 0 Å². The van der Waals surface area contributed by atoms with E-state index in [1.54, 1.807) is 0 Å². The summed E-state index contributed by atoms with van der Waals surface area (Å²) in [6, 6.07) is 0. The molecule has 0 saturated heterocycles. The summed E-state index contributed by atoms with van der Waals surface area (Å²) in [6.45, 7) is 16.4. The highest BCUT2D eigenvalue weighted by molar-refractivity contribution is 5.20. The molecule has 0 heterocycles. The number of rotatable bonds is 4. The molecule has 0 N–H and O–H groups in total. The van der Waals surface area contributed by atoms with Crippen LogP contribution in [-0.2, 0) is 0 Å². The van der Waals surface area contributed by atoms with Gasteiger partial charge in [0, 0.05) is 5.41 Å². The van der Waals surface area contributed by atoms with Crippen molar-refractivity contribution in [2.24, 2.45) is 11.3 Å². The molecular formula is C12H20. The van der Waals surface area contributed by atoms with Crippen LogP contribution >= 0.6 is 0 Å². The average Bonchev–Trinajstić information content (AvgIpc) is 2.03. The molecule has 0 radical (unpaired) electrons. The van der Waals surface area contributed by atoms with Crippen molar-refractivity contribution in [1.29, 1.82) is 0 Å². The standard InChI is InChI=1S/C12H20/c1-7-9-10(3)11(4)12(5,6)8-2/h7-10H,2,4H2,1,3,5-6H3. The second kappa shape index (κ2) is 4.30. The van der Waals surface area contributed by atoms with Crippen molar-refractivity contribution in [3.63, 3.8) is 0 Å². The monoisotopic (exact) mass is 164 g/mol. The van der Waals surface area contributed by atoms with E-state index in [2.05, 4.69) is 46.1 Å². The van der Waals surface area contributed by atoms with Gasteiger partial charge in [0.1, 0.15) is 0 Å². The minimum atomic E-state index is 0.0406. The van der Waals surface area contributed by atoms with Crippen molar-refractivity contribution in [1.82, 2.24) is 0 Å². The van der Waals surface area contributed by atoms with Crippen LogP contribution in [0.2, 0.25) is 0 Å². The summed E-state index contributed by atoms with van der Waals surface area (Å²) in [5.41, 5.74) is 1.26. The van der Waals surface area contributed by atoms with Gasteiger partial charge in [0.05, 0.1) is 0 Å². The maximum absolute atomic E-state index is 4.09. The molecule has 0 aliphatic carbocycles. The van der Waals surface area contributed by atoms with E-state index >= 15 is 0 Å². The van der Waals surface area contributed by atoms with Gasteiger partial charge >= 0.3 is 0 Å². The van der Waals surface area contributed by atoms with Gasteiger partial charge in [0.2, 0.25) is 0 Å². The van der Waals surface area contributed by atoms with Gasteiger partial charge in [-0.25, -0.2) is 0 Å².